The zero-order valence-electron chi connectivity index (χ0n) is 12.5. The molecule has 4 nitrogen and oxygen atoms in total. The number of aryl methyl sites for hydroxylation is 1. The molecule has 0 amide bonds. The fraction of sp³-hybridized carbons (Fsp3) is 0.625. The van der Waals surface area contributed by atoms with Gasteiger partial charge in [-0.3, -0.25) is 0 Å². The smallest absolute Gasteiger partial charge is 0.243 e. The first-order valence-electron chi connectivity index (χ1n) is 7.76. The highest BCUT2D eigenvalue weighted by Gasteiger charge is 2.41. The standard InChI is InChI=1S/C16H23NO3S/c1-12-7-8-13(11-18)10-16(12)21(19,20)17-9-3-5-14-4-2-6-15(14)17/h7-8,10,14-15,18H,2-6,9,11H2,1H3. The van der Waals surface area contributed by atoms with Crippen LogP contribution in [0.25, 0.3) is 0 Å². The van der Waals surface area contributed by atoms with Crippen LogP contribution >= 0.6 is 0 Å². The first kappa shape index (κ1) is 15.0. The second-order valence-corrected chi connectivity index (χ2v) is 8.13. The van der Waals surface area contributed by atoms with Gasteiger partial charge >= 0.3 is 0 Å². The van der Waals surface area contributed by atoms with Gasteiger partial charge in [0, 0.05) is 12.6 Å². The van der Waals surface area contributed by atoms with Crippen LogP contribution < -0.4 is 0 Å². The third-order valence-corrected chi connectivity index (χ3v) is 7.03. The van der Waals surface area contributed by atoms with E-state index in [0.717, 1.165) is 37.7 Å². The van der Waals surface area contributed by atoms with Crippen molar-refractivity contribution < 1.29 is 13.5 Å². The Hall–Kier alpha value is -0.910. The summed E-state index contributed by atoms with van der Waals surface area (Å²) in [7, 11) is -3.46. The normalized spacial score (nSPS) is 26.8. The van der Waals surface area contributed by atoms with E-state index in [9.17, 15) is 13.5 Å². The summed E-state index contributed by atoms with van der Waals surface area (Å²) in [6.45, 7) is 2.32. The summed E-state index contributed by atoms with van der Waals surface area (Å²) in [5.74, 6) is 0.537. The molecule has 3 rings (SSSR count). The fourth-order valence-corrected chi connectivity index (χ4v) is 5.89. The summed E-state index contributed by atoms with van der Waals surface area (Å²) < 4.78 is 27.9. The van der Waals surface area contributed by atoms with Crippen molar-refractivity contribution >= 4 is 10.0 Å². The molecule has 0 spiro atoms. The van der Waals surface area contributed by atoms with Crippen LogP contribution in [-0.2, 0) is 16.6 Å². The maximum absolute atomic E-state index is 13.1. The molecular weight excluding hydrogens is 286 g/mol. The van der Waals surface area contributed by atoms with Gasteiger partial charge in [-0.15, -0.1) is 0 Å². The van der Waals surface area contributed by atoms with Crippen LogP contribution in [0.1, 0.15) is 43.2 Å². The highest BCUT2D eigenvalue weighted by atomic mass is 32.2. The molecule has 1 aromatic rings. The molecule has 2 aliphatic rings. The predicted molar refractivity (Wildman–Crippen MR) is 81.4 cm³/mol. The third-order valence-electron chi connectivity index (χ3n) is 4.96. The highest BCUT2D eigenvalue weighted by molar-refractivity contribution is 7.89. The molecule has 0 bridgehead atoms. The molecule has 0 aromatic heterocycles. The summed E-state index contributed by atoms with van der Waals surface area (Å²) in [4.78, 5) is 0.363. The Labute approximate surface area is 126 Å². The largest absolute Gasteiger partial charge is 0.392 e. The Bertz CT molecular complexity index is 626. The number of fused-ring (bicyclic) bond motifs is 1. The van der Waals surface area contributed by atoms with Crippen molar-refractivity contribution in [2.24, 2.45) is 5.92 Å². The molecule has 1 aliphatic heterocycles. The molecule has 2 unspecified atom stereocenters. The number of sulfonamides is 1. The minimum absolute atomic E-state index is 0.130. The van der Waals surface area contributed by atoms with Gasteiger partial charge in [-0.1, -0.05) is 18.6 Å². The van der Waals surface area contributed by atoms with E-state index in [1.54, 1.807) is 22.5 Å². The zero-order chi connectivity index (χ0) is 15.0. The van der Waals surface area contributed by atoms with Gasteiger partial charge in [0.2, 0.25) is 10.0 Å². The summed E-state index contributed by atoms with van der Waals surface area (Å²) in [5.41, 5.74) is 1.41. The Kier molecular flexibility index (Phi) is 4.08. The zero-order valence-corrected chi connectivity index (χ0v) is 13.3. The fourth-order valence-electron chi connectivity index (χ4n) is 3.85. The van der Waals surface area contributed by atoms with E-state index in [4.69, 9.17) is 0 Å². The topological polar surface area (TPSA) is 57.6 Å². The van der Waals surface area contributed by atoms with Crippen LogP contribution in [0.15, 0.2) is 23.1 Å². The van der Waals surface area contributed by atoms with E-state index >= 15 is 0 Å². The summed E-state index contributed by atoms with van der Waals surface area (Å²) >= 11 is 0. The second-order valence-electron chi connectivity index (χ2n) is 6.27. The van der Waals surface area contributed by atoms with Crippen LogP contribution in [-0.4, -0.2) is 30.4 Å². The lowest BCUT2D eigenvalue weighted by Crippen LogP contribution is -2.46. The minimum atomic E-state index is -3.46. The number of hydrogen-bond donors (Lipinski definition) is 1. The quantitative estimate of drug-likeness (QED) is 0.933. The number of piperidine rings is 1. The molecule has 1 heterocycles. The molecule has 1 saturated heterocycles. The molecule has 2 fully saturated rings. The Morgan fingerprint density at radius 2 is 2.00 bits per heavy atom. The van der Waals surface area contributed by atoms with Crippen molar-refractivity contribution in [3.63, 3.8) is 0 Å². The molecule has 2 atom stereocenters. The van der Waals surface area contributed by atoms with Gasteiger partial charge < -0.3 is 5.11 Å². The molecule has 1 aliphatic carbocycles. The summed E-state index contributed by atoms with van der Waals surface area (Å²) in [6, 6.07) is 5.38. The average Bonchev–Trinajstić information content (AvgIpc) is 2.95. The lowest BCUT2D eigenvalue weighted by atomic mass is 9.94. The van der Waals surface area contributed by atoms with Crippen LogP contribution in [0.2, 0.25) is 0 Å². The van der Waals surface area contributed by atoms with Gasteiger partial charge in [0.25, 0.3) is 0 Å². The van der Waals surface area contributed by atoms with E-state index in [-0.39, 0.29) is 12.6 Å². The van der Waals surface area contributed by atoms with Crippen molar-refractivity contribution in [3.05, 3.63) is 29.3 Å². The molecule has 21 heavy (non-hydrogen) atoms. The Morgan fingerprint density at radius 3 is 2.76 bits per heavy atom. The van der Waals surface area contributed by atoms with Crippen LogP contribution in [0, 0.1) is 12.8 Å². The van der Waals surface area contributed by atoms with Crippen LogP contribution in [0.3, 0.4) is 0 Å². The molecular formula is C16H23NO3S. The molecule has 116 valence electrons. The first-order chi connectivity index (χ1) is 10.0. The van der Waals surface area contributed by atoms with E-state index < -0.39 is 10.0 Å². The molecule has 5 heteroatoms. The number of nitrogens with zero attached hydrogens (tertiary/aromatic N) is 1. The van der Waals surface area contributed by atoms with Crippen molar-refractivity contribution in [1.82, 2.24) is 4.31 Å². The second kappa shape index (κ2) is 5.71. The van der Waals surface area contributed by atoms with E-state index in [1.807, 2.05) is 6.92 Å². The highest BCUT2D eigenvalue weighted by Crippen LogP contribution is 2.39. The van der Waals surface area contributed by atoms with Crippen molar-refractivity contribution in [2.75, 3.05) is 6.54 Å². The SMILES string of the molecule is Cc1ccc(CO)cc1S(=O)(=O)N1CCCC2CCCC21. The average molecular weight is 309 g/mol. The molecule has 1 N–H and O–H groups in total. The van der Waals surface area contributed by atoms with Gasteiger partial charge in [0.15, 0.2) is 0 Å². The predicted octanol–water partition coefficient (Wildman–Crippen LogP) is 2.44. The van der Waals surface area contributed by atoms with Gasteiger partial charge in [0.1, 0.15) is 0 Å². The van der Waals surface area contributed by atoms with Crippen LogP contribution in [0.4, 0.5) is 0 Å². The monoisotopic (exact) mass is 309 g/mol. The van der Waals surface area contributed by atoms with Gasteiger partial charge in [-0.2, -0.15) is 4.31 Å². The third kappa shape index (κ3) is 2.62. The van der Waals surface area contributed by atoms with Crippen molar-refractivity contribution in [2.45, 2.75) is 56.6 Å². The summed E-state index contributed by atoms with van der Waals surface area (Å²) in [5, 5.41) is 9.27. The molecule has 1 aromatic carbocycles. The number of benzene rings is 1. The van der Waals surface area contributed by atoms with E-state index in [1.165, 1.54) is 0 Å². The lowest BCUT2D eigenvalue weighted by molar-refractivity contribution is 0.202. The summed E-state index contributed by atoms with van der Waals surface area (Å²) in [6.07, 6.45) is 5.40. The molecule has 1 saturated carbocycles. The Balaban J connectivity index is 2.00. The number of aliphatic hydroxyl groups excluding tert-OH is 1. The minimum Gasteiger partial charge on any atom is -0.392 e. The molecule has 0 radical (unpaired) electrons. The van der Waals surface area contributed by atoms with Crippen molar-refractivity contribution in [1.29, 1.82) is 0 Å². The van der Waals surface area contributed by atoms with Gasteiger partial charge in [-0.05, 0) is 55.7 Å². The number of aliphatic hydroxyl groups is 1. The number of rotatable bonds is 3. The van der Waals surface area contributed by atoms with Gasteiger partial charge in [0.05, 0.1) is 11.5 Å². The maximum atomic E-state index is 13.1. The van der Waals surface area contributed by atoms with Gasteiger partial charge in [-0.25, -0.2) is 8.42 Å². The van der Waals surface area contributed by atoms with Crippen LogP contribution in [0.5, 0.6) is 0 Å². The first-order valence-corrected chi connectivity index (χ1v) is 9.20. The number of hydrogen-bond acceptors (Lipinski definition) is 3. The van der Waals surface area contributed by atoms with E-state index in [0.29, 0.717) is 22.9 Å². The van der Waals surface area contributed by atoms with Crippen molar-refractivity contribution in [3.8, 4) is 0 Å². The Morgan fingerprint density at radius 1 is 1.24 bits per heavy atom. The maximum Gasteiger partial charge on any atom is 0.243 e. The lowest BCUT2D eigenvalue weighted by Gasteiger charge is -2.37. The van der Waals surface area contributed by atoms with E-state index in [2.05, 4.69) is 0 Å².